The SMILES string of the molecule is CN1C(Cc2ccc(C(=N)N)cc2)C2C(=O)N(Cc3ccccc3)C(=O)C2C1(C)C. The van der Waals surface area contributed by atoms with Crippen molar-refractivity contribution in [2.24, 2.45) is 17.6 Å². The zero-order valence-corrected chi connectivity index (χ0v) is 17.6. The minimum absolute atomic E-state index is 0.0360. The van der Waals surface area contributed by atoms with Gasteiger partial charge in [-0.15, -0.1) is 0 Å². The maximum absolute atomic E-state index is 13.4. The number of likely N-dealkylation sites (tertiary alicyclic amines) is 2. The number of benzene rings is 2. The summed E-state index contributed by atoms with van der Waals surface area (Å²) in [6.07, 6.45) is 0.664. The summed E-state index contributed by atoms with van der Waals surface area (Å²) in [5.41, 5.74) is 7.85. The Morgan fingerprint density at radius 3 is 2.23 bits per heavy atom. The molecule has 0 saturated carbocycles. The molecule has 2 heterocycles. The maximum atomic E-state index is 13.4. The number of carbonyl (C=O) groups excluding carboxylic acids is 2. The number of fused-ring (bicyclic) bond motifs is 1. The van der Waals surface area contributed by atoms with Gasteiger partial charge in [-0.1, -0.05) is 54.6 Å². The van der Waals surface area contributed by atoms with Crippen LogP contribution in [0.15, 0.2) is 54.6 Å². The summed E-state index contributed by atoms with van der Waals surface area (Å²) in [6, 6.07) is 17.2. The number of hydrogen-bond acceptors (Lipinski definition) is 4. The molecule has 6 nitrogen and oxygen atoms in total. The highest BCUT2D eigenvalue weighted by molar-refractivity contribution is 6.06. The van der Waals surface area contributed by atoms with Crippen molar-refractivity contribution in [3.8, 4) is 0 Å². The molecule has 2 fully saturated rings. The molecule has 2 aromatic carbocycles. The third-order valence-corrected chi connectivity index (χ3v) is 6.92. The average Bonchev–Trinajstić information content (AvgIpc) is 3.08. The molecule has 2 aliphatic heterocycles. The number of nitrogen functional groups attached to an aromatic ring is 1. The summed E-state index contributed by atoms with van der Waals surface area (Å²) in [6.45, 7) is 4.44. The van der Waals surface area contributed by atoms with Gasteiger partial charge in [0.05, 0.1) is 18.4 Å². The molecule has 0 aliphatic carbocycles. The van der Waals surface area contributed by atoms with Crippen LogP contribution in [0.5, 0.6) is 0 Å². The van der Waals surface area contributed by atoms with E-state index in [1.54, 1.807) is 0 Å². The normalized spacial score (nSPS) is 25.6. The van der Waals surface area contributed by atoms with Crippen molar-refractivity contribution in [1.82, 2.24) is 9.80 Å². The molecule has 156 valence electrons. The highest BCUT2D eigenvalue weighted by Gasteiger charge is 2.64. The van der Waals surface area contributed by atoms with E-state index in [-0.39, 0.29) is 35.5 Å². The van der Waals surface area contributed by atoms with Crippen molar-refractivity contribution in [1.29, 1.82) is 5.41 Å². The molecule has 2 saturated heterocycles. The summed E-state index contributed by atoms with van der Waals surface area (Å²) >= 11 is 0. The third kappa shape index (κ3) is 3.21. The average molecular weight is 405 g/mol. The fourth-order valence-corrected chi connectivity index (χ4v) is 5.02. The number of imide groups is 1. The first kappa shape index (κ1) is 20.3. The number of amides is 2. The van der Waals surface area contributed by atoms with Crippen LogP contribution in [-0.2, 0) is 22.6 Å². The smallest absolute Gasteiger partial charge is 0.235 e. The van der Waals surface area contributed by atoms with Crippen LogP contribution < -0.4 is 5.73 Å². The van der Waals surface area contributed by atoms with Gasteiger partial charge < -0.3 is 5.73 Å². The van der Waals surface area contributed by atoms with E-state index in [2.05, 4.69) is 18.7 Å². The summed E-state index contributed by atoms with van der Waals surface area (Å²) in [4.78, 5) is 30.4. The van der Waals surface area contributed by atoms with Gasteiger partial charge in [0.2, 0.25) is 11.8 Å². The van der Waals surface area contributed by atoms with E-state index in [1.165, 1.54) is 4.90 Å². The molecule has 2 aromatic rings. The van der Waals surface area contributed by atoms with Gasteiger partial charge in [0.25, 0.3) is 0 Å². The van der Waals surface area contributed by atoms with Crippen molar-refractivity contribution >= 4 is 17.6 Å². The van der Waals surface area contributed by atoms with Crippen molar-refractivity contribution in [2.75, 3.05) is 7.05 Å². The predicted molar refractivity (Wildman–Crippen MR) is 116 cm³/mol. The molecular weight excluding hydrogens is 376 g/mol. The van der Waals surface area contributed by atoms with E-state index in [1.807, 2.05) is 61.6 Å². The van der Waals surface area contributed by atoms with Crippen LogP contribution in [-0.4, -0.2) is 46.1 Å². The number of carbonyl (C=O) groups is 2. The second-order valence-corrected chi connectivity index (χ2v) is 8.90. The van der Waals surface area contributed by atoms with E-state index in [4.69, 9.17) is 11.1 Å². The Kier molecular flexibility index (Phi) is 4.98. The van der Waals surface area contributed by atoms with E-state index in [0.717, 1.165) is 11.1 Å². The molecule has 0 spiro atoms. The summed E-state index contributed by atoms with van der Waals surface area (Å²) in [5.74, 6) is -0.806. The predicted octanol–water partition coefficient (Wildman–Crippen LogP) is 2.41. The lowest BCUT2D eigenvalue weighted by molar-refractivity contribution is -0.142. The van der Waals surface area contributed by atoms with E-state index in [0.29, 0.717) is 18.5 Å². The molecule has 3 unspecified atom stereocenters. The van der Waals surface area contributed by atoms with Crippen LogP contribution in [0, 0.1) is 17.2 Å². The van der Waals surface area contributed by atoms with Crippen LogP contribution >= 0.6 is 0 Å². The zero-order valence-electron chi connectivity index (χ0n) is 17.6. The molecule has 0 radical (unpaired) electrons. The van der Waals surface area contributed by atoms with Gasteiger partial charge in [0.15, 0.2) is 0 Å². The molecule has 2 aliphatic rings. The van der Waals surface area contributed by atoms with Crippen LogP contribution in [0.4, 0.5) is 0 Å². The Hall–Kier alpha value is -2.99. The molecule has 2 amide bonds. The van der Waals surface area contributed by atoms with Crippen LogP contribution in [0.25, 0.3) is 0 Å². The van der Waals surface area contributed by atoms with Gasteiger partial charge in [0, 0.05) is 17.1 Å². The number of nitrogens with zero attached hydrogens (tertiary/aromatic N) is 2. The van der Waals surface area contributed by atoms with E-state index in [9.17, 15) is 9.59 Å². The lowest BCUT2D eigenvalue weighted by atomic mass is 9.81. The lowest BCUT2D eigenvalue weighted by Gasteiger charge is -2.36. The first-order chi connectivity index (χ1) is 14.2. The molecule has 0 aromatic heterocycles. The van der Waals surface area contributed by atoms with Crippen molar-refractivity contribution in [3.05, 3.63) is 71.3 Å². The number of rotatable bonds is 5. The number of nitrogens with one attached hydrogen (secondary N) is 1. The van der Waals surface area contributed by atoms with Gasteiger partial charge in [-0.25, -0.2) is 0 Å². The first-order valence-corrected chi connectivity index (χ1v) is 10.3. The van der Waals surface area contributed by atoms with Crippen LogP contribution in [0.2, 0.25) is 0 Å². The first-order valence-electron chi connectivity index (χ1n) is 10.3. The fraction of sp³-hybridized carbons (Fsp3) is 0.375. The van der Waals surface area contributed by atoms with Gasteiger partial charge in [0.1, 0.15) is 5.84 Å². The number of hydrogen-bond donors (Lipinski definition) is 2. The van der Waals surface area contributed by atoms with Crippen LogP contribution in [0.1, 0.15) is 30.5 Å². The molecule has 6 heteroatoms. The fourth-order valence-electron chi connectivity index (χ4n) is 5.02. The van der Waals surface area contributed by atoms with Gasteiger partial charge in [-0.3, -0.25) is 24.8 Å². The standard InChI is InChI=1S/C24H28N4O2/c1-24(2)20-19(22(29)28(23(20)30)14-16-7-5-4-6-8-16)18(27(24)3)13-15-9-11-17(12-10-15)21(25)26/h4-12,18-20H,13-14H2,1-3H3,(H3,25,26). The Morgan fingerprint density at radius 1 is 1.00 bits per heavy atom. The van der Waals surface area contributed by atoms with E-state index < -0.39 is 5.54 Å². The minimum Gasteiger partial charge on any atom is -0.384 e. The Morgan fingerprint density at radius 2 is 1.63 bits per heavy atom. The van der Waals surface area contributed by atoms with Crippen LogP contribution in [0.3, 0.4) is 0 Å². The largest absolute Gasteiger partial charge is 0.384 e. The number of nitrogens with two attached hydrogens (primary N) is 1. The molecule has 4 rings (SSSR count). The van der Waals surface area contributed by atoms with E-state index >= 15 is 0 Å². The summed E-state index contributed by atoms with van der Waals surface area (Å²) in [7, 11) is 2.01. The van der Waals surface area contributed by atoms with Crippen molar-refractivity contribution < 1.29 is 9.59 Å². The molecular formula is C24H28N4O2. The van der Waals surface area contributed by atoms with Gasteiger partial charge in [-0.2, -0.15) is 0 Å². The highest BCUT2D eigenvalue weighted by Crippen LogP contribution is 2.48. The number of likely N-dealkylation sites (N-methyl/N-ethyl adjacent to an activating group) is 1. The number of amidine groups is 1. The maximum Gasteiger partial charge on any atom is 0.235 e. The minimum atomic E-state index is -0.410. The Bertz CT molecular complexity index is 984. The second kappa shape index (κ2) is 7.36. The zero-order chi connectivity index (χ0) is 21.6. The lowest BCUT2D eigenvalue weighted by Crippen LogP contribution is -2.48. The summed E-state index contributed by atoms with van der Waals surface area (Å²) < 4.78 is 0. The summed E-state index contributed by atoms with van der Waals surface area (Å²) in [5, 5.41) is 7.56. The Labute approximate surface area is 177 Å². The van der Waals surface area contributed by atoms with Gasteiger partial charge in [-0.05, 0) is 38.4 Å². The van der Waals surface area contributed by atoms with Crippen molar-refractivity contribution in [3.63, 3.8) is 0 Å². The monoisotopic (exact) mass is 404 g/mol. The second-order valence-electron chi connectivity index (χ2n) is 8.90. The van der Waals surface area contributed by atoms with Crippen molar-refractivity contribution in [2.45, 2.75) is 38.4 Å². The van der Waals surface area contributed by atoms with Gasteiger partial charge >= 0.3 is 0 Å². The molecule has 30 heavy (non-hydrogen) atoms. The molecule has 3 atom stereocenters. The highest BCUT2D eigenvalue weighted by atomic mass is 16.2. The topological polar surface area (TPSA) is 90.5 Å². The molecule has 3 N–H and O–H groups in total. The third-order valence-electron chi connectivity index (χ3n) is 6.92. The Balaban J connectivity index is 1.62. The quantitative estimate of drug-likeness (QED) is 0.455. The molecule has 0 bridgehead atoms.